The van der Waals surface area contributed by atoms with Gasteiger partial charge in [-0.05, 0) is 41.8 Å². The summed E-state index contributed by atoms with van der Waals surface area (Å²) in [6.07, 6.45) is 0. The normalized spacial score (nSPS) is 10.3. The molecule has 3 rings (SSSR count). The molecular formula is C23H22N2O2. The number of amides is 2. The van der Waals surface area contributed by atoms with Crippen molar-refractivity contribution < 1.29 is 9.59 Å². The van der Waals surface area contributed by atoms with E-state index in [1.165, 1.54) is 0 Å². The first kappa shape index (κ1) is 18.4. The number of hydrogen-bond acceptors (Lipinski definition) is 2. The van der Waals surface area contributed by atoms with E-state index in [4.69, 9.17) is 0 Å². The van der Waals surface area contributed by atoms with Crippen LogP contribution in [-0.2, 0) is 0 Å². The molecule has 0 aliphatic heterocycles. The zero-order valence-corrected chi connectivity index (χ0v) is 15.2. The number of rotatable bonds is 6. The lowest BCUT2D eigenvalue weighted by Crippen LogP contribution is -2.34. The predicted molar refractivity (Wildman–Crippen MR) is 108 cm³/mol. The third kappa shape index (κ3) is 4.82. The molecule has 3 aromatic carbocycles. The molecule has 136 valence electrons. The van der Waals surface area contributed by atoms with Crippen LogP contribution in [0.1, 0.15) is 26.3 Å². The number of carbonyl (C=O) groups excluding carboxylic acids is 2. The molecule has 27 heavy (non-hydrogen) atoms. The van der Waals surface area contributed by atoms with Crippen LogP contribution in [0, 0.1) is 6.92 Å². The van der Waals surface area contributed by atoms with Crippen molar-refractivity contribution in [3.05, 3.63) is 95.6 Å². The summed E-state index contributed by atoms with van der Waals surface area (Å²) in [6, 6.07) is 24.9. The molecule has 0 aromatic heterocycles. The third-order valence-corrected chi connectivity index (χ3v) is 4.34. The molecule has 0 unspecified atom stereocenters. The van der Waals surface area contributed by atoms with Gasteiger partial charge in [0.2, 0.25) is 0 Å². The second kappa shape index (κ2) is 8.81. The largest absolute Gasteiger partial charge is 0.350 e. The van der Waals surface area contributed by atoms with Gasteiger partial charge < -0.3 is 10.6 Å². The van der Waals surface area contributed by atoms with Crippen LogP contribution in [0.15, 0.2) is 78.9 Å². The quantitative estimate of drug-likeness (QED) is 0.658. The molecule has 0 saturated carbocycles. The lowest BCUT2D eigenvalue weighted by atomic mass is 10.0. The highest BCUT2D eigenvalue weighted by atomic mass is 16.2. The highest BCUT2D eigenvalue weighted by Crippen LogP contribution is 2.19. The fraction of sp³-hybridized carbons (Fsp3) is 0.130. The van der Waals surface area contributed by atoms with Gasteiger partial charge in [0.05, 0.1) is 0 Å². The van der Waals surface area contributed by atoms with Crippen molar-refractivity contribution in [3.63, 3.8) is 0 Å². The van der Waals surface area contributed by atoms with E-state index in [0.717, 1.165) is 16.7 Å². The molecule has 0 aliphatic rings. The van der Waals surface area contributed by atoms with Crippen LogP contribution in [-0.4, -0.2) is 24.9 Å². The standard InChI is InChI=1S/C23H22N2O2/c1-17-7-5-6-10-21(17)23(27)25-16-15-24-22(26)20-13-11-19(12-14-20)18-8-3-2-4-9-18/h2-14H,15-16H2,1H3,(H,24,26)(H,25,27). The van der Waals surface area contributed by atoms with Gasteiger partial charge in [-0.3, -0.25) is 9.59 Å². The summed E-state index contributed by atoms with van der Waals surface area (Å²) < 4.78 is 0. The fourth-order valence-electron chi connectivity index (χ4n) is 2.82. The molecule has 4 nitrogen and oxygen atoms in total. The van der Waals surface area contributed by atoms with E-state index < -0.39 is 0 Å². The summed E-state index contributed by atoms with van der Waals surface area (Å²) in [5.74, 6) is -0.283. The second-order valence-corrected chi connectivity index (χ2v) is 6.27. The molecule has 0 saturated heterocycles. The number of benzene rings is 3. The number of nitrogens with one attached hydrogen (secondary N) is 2. The lowest BCUT2D eigenvalue weighted by molar-refractivity contribution is 0.0927. The Kier molecular flexibility index (Phi) is 6.00. The van der Waals surface area contributed by atoms with Crippen molar-refractivity contribution in [2.75, 3.05) is 13.1 Å². The highest BCUT2D eigenvalue weighted by Gasteiger charge is 2.08. The van der Waals surface area contributed by atoms with Crippen molar-refractivity contribution in [2.24, 2.45) is 0 Å². The smallest absolute Gasteiger partial charge is 0.251 e. The van der Waals surface area contributed by atoms with Crippen molar-refractivity contribution >= 4 is 11.8 Å². The van der Waals surface area contributed by atoms with Crippen LogP contribution in [0.4, 0.5) is 0 Å². The van der Waals surface area contributed by atoms with E-state index in [9.17, 15) is 9.59 Å². The molecule has 0 aliphatic carbocycles. The Bertz CT molecular complexity index is 919. The van der Waals surface area contributed by atoms with Gasteiger partial charge in [-0.25, -0.2) is 0 Å². The van der Waals surface area contributed by atoms with E-state index in [-0.39, 0.29) is 11.8 Å². The zero-order valence-electron chi connectivity index (χ0n) is 15.2. The maximum Gasteiger partial charge on any atom is 0.251 e. The van der Waals surface area contributed by atoms with Crippen LogP contribution < -0.4 is 10.6 Å². The zero-order chi connectivity index (χ0) is 19.1. The summed E-state index contributed by atoms with van der Waals surface area (Å²) in [4.78, 5) is 24.4. The van der Waals surface area contributed by atoms with Gasteiger partial charge in [0, 0.05) is 24.2 Å². The van der Waals surface area contributed by atoms with Gasteiger partial charge in [-0.1, -0.05) is 60.7 Å². The van der Waals surface area contributed by atoms with Crippen LogP contribution >= 0.6 is 0 Å². The Balaban J connectivity index is 1.48. The molecule has 2 N–H and O–H groups in total. The summed E-state index contributed by atoms with van der Waals surface area (Å²) in [5, 5.41) is 5.65. The van der Waals surface area contributed by atoms with Gasteiger partial charge in [0.15, 0.2) is 0 Å². The van der Waals surface area contributed by atoms with E-state index >= 15 is 0 Å². The van der Waals surface area contributed by atoms with Crippen LogP contribution in [0.25, 0.3) is 11.1 Å². The first-order valence-electron chi connectivity index (χ1n) is 8.92. The predicted octanol–water partition coefficient (Wildman–Crippen LogP) is 3.82. The Morgan fingerprint density at radius 1 is 0.667 bits per heavy atom. The Morgan fingerprint density at radius 3 is 1.89 bits per heavy atom. The Labute approximate surface area is 159 Å². The highest BCUT2D eigenvalue weighted by molar-refractivity contribution is 5.96. The van der Waals surface area contributed by atoms with Crippen molar-refractivity contribution in [1.82, 2.24) is 10.6 Å². The average Bonchev–Trinajstić information content (AvgIpc) is 2.72. The summed E-state index contributed by atoms with van der Waals surface area (Å²) in [5.41, 5.74) is 4.36. The minimum atomic E-state index is -0.153. The lowest BCUT2D eigenvalue weighted by Gasteiger charge is -2.09. The number of hydrogen-bond donors (Lipinski definition) is 2. The van der Waals surface area contributed by atoms with Gasteiger partial charge in [0.25, 0.3) is 11.8 Å². The number of aryl methyl sites for hydroxylation is 1. The minimum Gasteiger partial charge on any atom is -0.350 e. The van der Waals surface area contributed by atoms with Gasteiger partial charge in [-0.15, -0.1) is 0 Å². The Hall–Kier alpha value is -3.40. The molecule has 0 heterocycles. The summed E-state index contributed by atoms with van der Waals surface area (Å²) >= 11 is 0. The summed E-state index contributed by atoms with van der Waals surface area (Å²) in [7, 11) is 0. The second-order valence-electron chi connectivity index (χ2n) is 6.27. The van der Waals surface area contributed by atoms with Crippen LogP contribution in [0.3, 0.4) is 0 Å². The first-order valence-corrected chi connectivity index (χ1v) is 8.92. The first-order chi connectivity index (χ1) is 13.1. The third-order valence-electron chi connectivity index (χ3n) is 4.34. The minimum absolute atomic E-state index is 0.130. The molecule has 4 heteroatoms. The monoisotopic (exact) mass is 358 g/mol. The van der Waals surface area contributed by atoms with E-state index in [2.05, 4.69) is 10.6 Å². The topological polar surface area (TPSA) is 58.2 Å². The van der Waals surface area contributed by atoms with Crippen molar-refractivity contribution in [3.8, 4) is 11.1 Å². The molecule has 0 atom stereocenters. The maximum atomic E-state index is 12.2. The van der Waals surface area contributed by atoms with Gasteiger partial charge in [0.1, 0.15) is 0 Å². The SMILES string of the molecule is Cc1ccccc1C(=O)NCCNC(=O)c1ccc(-c2ccccc2)cc1. The van der Waals surface area contributed by atoms with Gasteiger partial charge in [-0.2, -0.15) is 0 Å². The van der Waals surface area contributed by atoms with Crippen molar-refractivity contribution in [1.29, 1.82) is 0 Å². The van der Waals surface area contributed by atoms with Gasteiger partial charge >= 0.3 is 0 Å². The number of carbonyl (C=O) groups is 2. The fourth-order valence-corrected chi connectivity index (χ4v) is 2.82. The van der Waals surface area contributed by atoms with E-state index in [0.29, 0.717) is 24.2 Å². The summed E-state index contributed by atoms with van der Waals surface area (Å²) in [6.45, 7) is 2.65. The Morgan fingerprint density at radius 2 is 1.22 bits per heavy atom. The van der Waals surface area contributed by atoms with Crippen LogP contribution in [0.5, 0.6) is 0 Å². The van der Waals surface area contributed by atoms with Crippen molar-refractivity contribution in [2.45, 2.75) is 6.92 Å². The molecular weight excluding hydrogens is 336 g/mol. The molecule has 0 radical (unpaired) electrons. The van der Waals surface area contributed by atoms with E-state index in [1.807, 2.05) is 79.7 Å². The molecule has 0 fully saturated rings. The van der Waals surface area contributed by atoms with Crippen LogP contribution in [0.2, 0.25) is 0 Å². The molecule has 2 amide bonds. The average molecular weight is 358 g/mol. The molecule has 3 aromatic rings. The molecule has 0 bridgehead atoms. The maximum absolute atomic E-state index is 12.2. The molecule has 0 spiro atoms. The van der Waals surface area contributed by atoms with E-state index in [1.54, 1.807) is 6.07 Å².